The highest BCUT2D eigenvalue weighted by Crippen LogP contribution is 2.09. The summed E-state index contributed by atoms with van der Waals surface area (Å²) in [6.07, 6.45) is 0.836. The van der Waals surface area contributed by atoms with Gasteiger partial charge in [0.25, 0.3) is 0 Å². The Bertz CT molecular complexity index is 305. The second kappa shape index (κ2) is 6.30. The fraction of sp³-hybridized carbons (Fsp3) is 0.667. The summed E-state index contributed by atoms with van der Waals surface area (Å²) >= 11 is 0. The first-order valence-electron chi connectivity index (χ1n) is 5.52. The maximum atomic E-state index is 11.7. The van der Waals surface area contributed by atoms with E-state index in [1.54, 1.807) is 0 Å². The number of carboxylic acids is 1. The molecule has 1 amide bonds. The highest BCUT2D eigenvalue weighted by atomic mass is 16.4. The summed E-state index contributed by atoms with van der Waals surface area (Å²) in [7, 11) is 0. The van der Waals surface area contributed by atoms with E-state index in [1.807, 2.05) is 20.8 Å². The molecule has 0 bridgehead atoms. The molecule has 0 aromatic carbocycles. The zero-order valence-corrected chi connectivity index (χ0v) is 10.6. The fourth-order valence-electron chi connectivity index (χ4n) is 1.35. The van der Waals surface area contributed by atoms with Crippen LogP contribution in [0.5, 0.6) is 0 Å². The van der Waals surface area contributed by atoms with Crippen LogP contribution in [-0.4, -0.2) is 23.0 Å². The minimum absolute atomic E-state index is 0.0871. The Balaban J connectivity index is 4.70. The molecule has 0 fully saturated rings. The lowest BCUT2D eigenvalue weighted by Crippen LogP contribution is -2.38. The minimum Gasteiger partial charge on any atom is -0.478 e. The molecular formula is C12H21NO3. The molecular weight excluding hydrogens is 206 g/mol. The normalized spacial score (nSPS) is 14.4. The van der Waals surface area contributed by atoms with Gasteiger partial charge in [0, 0.05) is 17.2 Å². The van der Waals surface area contributed by atoms with E-state index in [0.29, 0.717) is 5.92 Å². The van der Waals surface area contributed by atoms with E-state index >= 15 is 0 Å². The molecule has 0 rings (SSSR count). The van der Waals surface area contributed by atoms with Gasteiger partial charge < -0.3 is 10.4 Å². The lowest BCUT2D eigenvalue weighted by molar-refractivity contribution is -0.133. The van der Waals surface area contributed by atoms with Gasteiger partial charge in [-0.2, -0.15) is 0 Å². The van der Waals surface area contributed by atoms with Crippen molar-refractivity contribution in [2.24, 2.45) is 5.92 Å². The monoisotopic (exact) mass is 227 g/mol. The molecule has 0 aromatic heterocycles. The van der Waals surface area contributed by atoms with E-state index in [9.17, 15) is 9.59 Å². The van der Waals surface area contributed by atoms with E-state index < -0.39 is 5.97 Å². The molecule has 0 spiro atoms. The molecule has 0 radical (unpaired) electrons. The molecule has 0 heterocycles. The molecule has 1 atom stereocenters. The zero-order valence-electron chi connectivity index (χ0n) is 10.6. The third-order valence-electron chi connectivity index (χ3n) is 2.78. The van der Waals surface area contributed by atoms with Crippen molar-refractivity contribution in [1.29, 1.82) is 0 Å². The number of hydrogen-bond acceptors (Lipinski definition) is 2. The predicted octanol–water partition coefficient (Wildman–Crippen LogP) is 1.96. The SMILES string of the molecule is CCC(NC(=O)C(C)=C(C)C(=O)O)C(C)C. The van der Waals surface area contributed by atoms with Gasteiger partial charge in [0.15, 0.2) is 0 Å². The van der Waals surface area contributed by atoms with Crippen LogP contribution in [0.1, 0.15) is 41.0 Å². The predicted molar refractivity (Wildman–Crippen MR) is 63.1 cm³/mol. The van der Waals surface area contributed by atoms with Crippen LogP contribution in [0.15, 0.2) is 11.1 Å². The smallest absolute Gasteiger partial charge is 0.331 e. The maximum absolute atomic E-state index is 11.7. The second-order valence-electron chi connectivity index (χ2n) is 4.29. The quantitative estimate of drug-likeness (QED) is 0.705. The Kier molecular flexibility index (Phi) is 5.78. The van der Waals surface area contributed by atoms with Crippen LogP contribution < -0.4 is 5.32 Å². The third kappa shape index (κ3) is 4.04. The summed E-state index contributed by atoms with van der Waals surface area (Å²) in [5, 5.41) is 11.6. The topological polar surface area (TPSA) is 66.4 Å². The van der Waals surface area contributed by atoms with Crippen LogP contribution in [0, 0.1) is 5.92 Å². The van der Waals surface area contributed by atoms with Crippen molar-refractivity contribution in [2.45, 2.75) is 47.1 Å². The third-order valence-corrected chi connectivity index (χ3v) is 2.78. The molecule has 0 saturated heterocycles. The molecule has 92 valence electrons. The molecule has 0 aromatic rings. The molecule has 0 aliphatic carbocycles. The van der Waals surface area contributed by atoms with Gasteiger partial charge in [-0.25, -0.2) is 4.79 Å². The Labute approximate surface area is 96.7 Å². The summed E-state index contributed by atoms with van der Waals surface area (Å²) in [5.74, 6) is -1.00. The number of carbonyl (C=O) groups excluding carboxylic acids is 1. The number of carboxylic acid groups (broad SMARTS) is 1. The van der Waals surface area contributed by atoms with Crippen LogP contribution in [0.2, 0.25) is 0 Å². The average Bonchev–Trinajstić information content (AvgIpc) is 2.22. The summed E-state index contributed by atoms with van der Waals surface area (Å²) in [6.45, 7) is 9.02. The van der Waals surface area contributed by atoms with Gasteiger partial charge in [-0.1, -0.05) is 20.8 Å². The van der Waals surface area contributed by atoms with Gasteiger partial charge in [-0.05, 0) is 26.2 Å². The van der Waals surface area contributed by atoms with Gasteiger partial charge in [0.2, 0.25) is 5.91 Å². The zero-order chi connectivity index (χ0) is 12.9. The van der Waals surface area contributed by atoms with Crippen molar-refractivity contribution < 1.29 is 14.7 Å². The van der Waals surface area contributed by atoms with E-state index in [1.165, 1.54) is 13.8 Å². The van der Waals surface area contributed by atoms with Crippen LogP contribution in [-0.2, 0) is 9.59 Å². The number of hydrogen-bond donors (Lipinski definition) is 2. The molecule has 1 unspecified atom stereocenters. The van der Waals surface area contributed by atoms with E-state index in [2.05, 4.69) is 5.32 Å². The van der Waals surface area contributed by atoms with Crippen molar-refractivity contribution in [3.63, 3.8) is 0 Å². The Morgan fingerprint density at radius 2 is 1.69 bits per heavy atom. The number of carbonyl (C=O) groups is 2. The Hall–Kier alpha value is -1.32. The van der Waals surface area contributed by atoms with Crippen molar-refractivity contribution >= 4 is 11.9 Å². The molecule has 16 heavy (non-hydrogen) atoms. The summed E-state index contributed by atoms with van der Waals surface area (Å²) in [5.41, 5.74) is 0.364. The van der Waals surface area contributed by atoms with Gasteiger partial charge >= 0.3 is 5.97 Å². The fourth-order valence-corrected chi connectivity index (χ4v) is 1.35. The molecule has 0 saturated carbocycles. The van der Waals surface area contributed by atoms with Crippen LogP contribution in [0.25, 0.3) is 0 Å². The second-order valence-corrected chi connectivity index (χ2v) is 4.29. The van der Waals surface area contributed by atoms with Crippen molar-refractivity contribution in [3.05, 3.63) is 11.1 Å². The lowest BCUT2D eigenvalue weighted by Gasteiger charge is -2.21. The summed E-state index contributed by atoms with van der Waals surface area (Å²) < 4.78 is 0. The molecule has 0 aliphatic rings. The Morgan fingerprint density at radius 1 is 1.19 bits per heavy atom. The highest BCUT2D eigenvalue weighted by Gasteiger charge is 2.17. The molecule has 4 nitrogen and oxygen atoms in total. The number of aliphatic carboxylic acids is 1. The highest BCUT2D eigenvalue weighted by molar-refractivity contribution is 6.01. The number of nitrogens with one attached hydrogen (secondary N) is 1. The Morgan fingerprint density at radius 3 is 2.00 bits per heavy atom. The summed E-state index contributed by atoms with van der Waals surface area (Å²) in [4.78, 5) is 22.4. The maximum Gasteiger partial charge on any atom is 0.331 e. The van der Waals surface area contributed by atoms with Gasteiger partial charge in [0.05, 0.1) is 0 Å². The van der Waals surface area contributed by atoms with E-state index in [0.717, 1.165) is 6.42 Å². The first-order chi connectivity index (χ1) is 7.31. The first kappa shape index (κ1) is 14.7. The van der Waals surface area contributed by atoms with Crippen molar-refractivity contribution in [2.75, 3.05) is 0 Å². The van der Waals surface area contributed by atoms with Gasteiger partial charge in [-0.15, -0.1) is 0 Å². The van der Waals surface area contributed by atoms with Crippen molar-refractivity contribution in [1.82, 2.24) is 5.32 Å². The standard InChI is InChI=1S/C12H21NO3/c1-6-10(7(2)3)13-11(14)8(4)9(5)12(15)16/h7,10H,6H2,1-5H3,(H,13,14)(H,15,16). The van der Waals surface area contributed by atoms with Crippen molar-refractivity contribution in [3.8, 4) is 0 Å². The van der Waals surface area contributed by atoms with Crippen LogP contribution in [0.3, 0.4) is 0 Å². The average molecular weight is 227 g/mol. The van der Waals surface area contributed by atoms with Crippen LogP contribution in [0.4, 0.5) is 0 Å². The van der Waals surface area contributed by atoms with E-state index in [4.69, 9.17) is 5.11 Å². The summed E-state index contributed by atoms with van der Waals surface area (Å²) in [6, 6.07) is 0.0871. The number of amides is 1. The molecule has 0 aliphatic heterocycles. The van der Waals surface area contributed by atoms with E-state index in [-0.39, 0.29) is 23.1 Å². The first-order valence-corrected chi connectivity index (χ1v) is 5.52. The van der Waals surface area contributed by atoms with Crippen LogP contribution >= 0.6 is 0 Å². The van der Waals surface area contributed by atoms with Gasteiger partial charge in [0.1, 0.15) is 0 Å². The lowest BCUT2D eigenvalue weighted by atomic mass is 10.0. The largest absolute Gasteiger partial charge is 0.478 e. The minimum atomic E-state index is -1.05. The number of rotatable bonds is 5. The molecule has 2 N–H and O–H groups in total. The molecule has 4 heteroatoms. The van der Waals surface area contributed by atoms with Gasteiger partial charge in [-0.3, -0.25) is 4.79 Å².